The molecule has 1 fully saturated rings. The normalized spacial score (nSPS) is 14.6. The Labute approximate surface area is 184 Å². The molecule has 1 aliphatic heterocycles. The maximum Gasteiger partial charge on any atom is 0.278 e. The zero-order valence-corrected chi connectivity index (χ0v) is 18.0. The van der Waals surface area contributed by atoms with Gasteiger partial charge in [-0.2, -0.15) is 4.98 Å². The molecule has 0 bridgehead atoms. The van der Waals surface area contributed by atoms with E-state index < -0.39 is 0 Å². The highest BCUT2D eigenvalue weighted by Gasteiger charge is 2.12. The molecule has 3 heterocycles. The molecule has 160 valence electrons. The van der Waals surface area contributed by atoms with Crippen molar-refractivity contribution in [1.82, 2.24) is 24.4 Å². The van der Waals surface area contributed by atoms with Crippen LogP contribution in [0.4, 0.5) is 5.95 Å². The molecule has 1 aromatic carbocycles. The average Bonchev–Trinajstić information content (AvgIpc) is 3.39. The first kappa shape index (κ1) is 21.1. The molecule has 2 N–H and O–H groups in total. The third-order valence-corrected chi connectivity index (χ3v) is 5.89. The van der Waals surface area contributed by atoms with Crippen LogP contribution in [0.1, 0.15) is 18.4 Å². The molecule has 8 nitrogen and oxygen atoms in total. The minimum absolute atomic E-state index is 0.244. The topological polar surface area (TPSA) is 88.1 Å². The molecule has 1 saturated heterocycles. The fourth-order valence-corrected chi connectivity index (χ4v) is 3.86. The highest BCUT2D eigenvalue weighted by molar-refractivity contribution is 6.42. The van der Waals surface area contributed by atoms with Gasteiger partial charge in [0.25, 0.3) is 5.56 Å². The van der Waals surface area contributed by atoms with Gasteiger partial charge in [-0.05, 0) is 43.6 Å². The minimum Gasteiger partial charge on any atom is -0.378 e. The zero-order chi connectivity index (χ0) is 20.9. The summed E-state index contributed by atoms with van der Waals surface area (Å²) in [4.78, 5) is 26.4. The maximum absolute atomic E-state index is 12.6. The van der Waals surface area contributed by atoms with E-state index in [1.807, 2.05) is 6.07 Å². The molecule has 0 aliphatic carbocycles. The van der Waals surface area contributed by atoms with Gasteiger partial charge in [0.15, 0.2) is 11.2 Å². The van der Waals surface area contributed by atoms with Gasteiger partial charge >= 0.3 is 0 Å². The number of aromatic nitrogens is 4. The number of nitrogens with zero attached hydrogens (tertiary/aromatic N) is 4. The van der Waals surface area contributed by atoms with Crippen LogP contribution in [0.5, 0.6) is 0 Å². The van der Waals surface area contributed by atoms with E-state index in [2.05, 4.69) is 25.2 Å². The summed E-state index contributed by atoms with van der Waals surface area (Å²) in [5.74, 6) is 0.352. The van der Waals surface area contributed by atoms with Gasteiger partial charge in [0.05, 0.1) is 29.6 Å². The molecule has 10 heteroatoms. The van der Waals surface area contributed by atoms with Crippen LogP contribution in [0, 0.1) is 0 Å². The molecule has 3 aromatic rings. The molecular formula is C20H24Cl2N6O2. The number of anilines is 1. The number of likely N-dealkylation sites (tertiary alicyclic amines) is 1. The van der Waals surface area contributed by atoms with Gasteiger partial charge in [0, 0.05) is 19.6 Å². The molecule has 30 heavy (non-hydrogen) atoms. The van der Waals surface area contributed by atoms with Crippen molar-refractivity contribution < 1.29 is 4.74 Å². The Kier molecular flexibility index (Phi) is 6.89. The summed E-state index contributed by atoms with van der Waals surface area (Å²) in [5.41, 5.74) is 1.51. The number of rotatable bonds is 9. The minimum atomic E-state index is -0.244. The lowest BCUT2D eigenvalue weighted by Crippen LogP contribution is -2.24. The number of H-pyrrole nitrogens is 1. The molecule has 0 atom stereocenters. The molecule has 2 aromatic heterocycles. The molecule has 0 amide bonds. The van der Waals surface area contributed by atoms with Crippen LogP contribution in [-0.4, -0.2) is 57.3 Å². The fraction of sp³-hybridized carbons (Fsp3) is 0.450. The number of nitrogens with one attached hydrogen (secondary N) is 2. The van der Waals surface area contributed by atoms with Gasteiger partial charge < -0.3 is 19.5 Å². The van der Waals surface area contributed by atoms with Crippen molar-refractivity contribution in [3.63, 3.8) is 0 Å². The van der Waals surface area contributed by atoms with Crippen molar-refractivity contribution in [1.29, 1.82) is 0 Å². The van der Waals surface area contributed by atoms with Gasteiger partial charge in [-0.1, -0.05) is 29.3 Å². The van der Waals surface area contributed by atoms with Crippen molar-refractivity contribution in [2.45, 2.75) is 25.9 Å². The van der Waals surface area contributed by atoms with Gasteiger partial charge in [-0.15, -0.1) is 0 Å². The second-order valence-corrected chi connectivity index (χ2v) is 8.10. The Bertz CT molecular complexity index is 1060. The van der Waals surface area contributed by atoms with E-state index in [1.54, 1.807) is 23.0 Å². The van der Waals surface area contributed by atoms with E-state index >= 15 is 0 Å². The monoisotopic (exact) mass is 450 g/mol. The lowest BCUT2D eigenvalue weighted by atomic mass is 10.2. The number of imidazole rings is 1. The van der Waals surface area contributed by atoms with Gasteiger partial charge in [-0.25, -0.2) is 4.98 Å². The number of ether oxygens (including phenoxy) is 1. The summed E-state index contributed by atoms with van der Waals surface area (Å²) in [7, 11) is 0. The predicted molar refractivity (Wildman–Crippen MR) is 118 cm³/mol. The highest BCUT2D eigenvalue weighted by Crippen LogP contribution is 2.22. The van der Waals surface area contributed by atoms with E-state index in [1.165, 1.54) is 12.8 Å². The molecule has 0 saturated carbocycles. The first-order valence-corrected chi connectivity index (χ1v) is 10.8. The smallest absolute Gasteiger partial charge is 0.278 e. The van der Waals surface area contributed by atoms with Crippen LogP contribution in [0.2, 0.25) is 10.0 Å². The summed E-state index contributed by atoms with van der Waals surface area (Å²) >= 11 is 12.0. The Hall–Kier alpha value is -2.13. The number of halogens is 2. The Morgan fingerprint density at radius 1 is 1.13 bits per heavy atom. The molecule has 0 unspecified atom stereocenters. The highest BCUT2D eigenvalue weighted by atomic mass is 35.5. The number of fused-ring (bicyclic) bond motifs is 1. The summed E-state index contributed by atoms with van der Waals surface area (Å²) in [5, 5.41) is 4.07. The molecule has 1 aliphatic rings. The molecule has 4 rings (SSSR count). The SMILES string of the molecule is O=c1[nH]c(NCc2ccc(Cl)c(Cl)c2)nc2ncn(CCOCCN3CCCC3)c12. The summed E-state index contributed by atoms with van der Waals surface area (Å²) in [6.45, 7) is 5.50. The van der Waals surface area contributed by atoms with Gasteiger partial charge in [-0.3, -0.25) is 9.78 Å². The van der Waals surface area contributed by atoms with Crippen LogP contribution in [0.15, 0.2) is 29.3 Å². The summed E-state index contributed by atoms with van der Waals surface area (Å²) in [6, 6.07) is 5.36. The maximum atomic E-state index is 12.6. The lowest BCUT2D eigenvalue weighted by molar-refractivity contribution is 0.105. The van der Waals surface area contributed by atoms with Crippen LogP contribution in [0.25, 0.3) is 11.2 Å². The van der Waals surface area contributed by atoms with E-state index in [0.717, 1.165) is 25.2 Å². The standard InChI is InChI=1S/C20H24Cl2N6O2/c21-15-4-3-14(11-16(15)22)12-23-20-25-18-17(19(29)26-20)28(13-24-18)8-10-30-9-7-27-5-1-2-6-27/h3-4,11,13H,1-2,5-10,12H2,(H2,23,25,26,29). The predicted octanol–water partition coefficient (Wildman–Crippen LogP) is 3.15. The first-order valence-electron chi connectivity index (χ1n) is 10.0. The Morgan fingerprint density at radius 2 is 1.93 bits per heavy atom. The fourth-order valence-electron chi connectivity index (χ4n) is 3.54. The van der Waals surface area contributed by atoms with Crippen LogP contribution in [0.3, 0.4) is 0 Å². The van der Waals surface area contributed by atoms with Crippen molar-refractivity contribution in [3.05, 3.63) is 50.5 Å². The lowest BCUT2D eigenvalue weighted by Gasteiger charge is -2.14. The largest absolute Gasteiger partial charge is 0.378 e. The third-order valence-electron chi connectivity index (χ3n) is 5.15. The summed E-state index contributed by atoms with van der Waals surface area (Å²) in [6.07, 6.45) is 4.18. The number of aromatic amines is 1. The molecule has 0 radical (unpaired) electrons. The average molecular weight is 451 g/mol. The van der Waals surface area contributed by atoms with E-state index in [9.17, 15) is 4.79 Å². The van der Waals surface area contributed by atoms with Crippen molar-refractivity contribution >= 4 is 40.3 Å². The zero-order valence-electron chi connectivity index (χ0n) is 16.5. The summed E-state index contributed by atoms with van der Waals surface area (Å²) < 4.78 is 7.51. The van der Waals surface area contributed by atoms with E-state index in [-0.39, 0.29) is 5.56 Å². The molecule has 0 spiro atoms. The Balaban J connectivity index is 1.34. The Morgan fingerprint density at radius 3 is 2.73 bits per heavy atom. The third kappa shape index (κ3) is 5.13. The number of hydrogen-bond acceptors (Lipinski definition) is 6. The van der Waals surface area contributed by atoms with Gasteiger partial charge in [0.1, 0.15) is 0 Å². The second kappa shape index (κ2) is 9.78. The van der Waals surface area contributed by atoms with Crippen molar-refractivity contribution in [2.24, 2.45) is 0 Å². The number of benzene rings is 1. The van der Waals surface area contributed by atoms with Crippen LogP contribution < -0.4 is 10.9 Å². The van der Waals surface area contributed by atoms with E-state index in [4.69, 9.17) is 27.9 Å². The van der Waals surface area contributed by atoms with Crippen molar-refractivity contribution in [3.8, 4) is 0 Å². The van der Waals surface area contributed by atoms with Crippen LogP contribution >= 0.6 is 23.2 Å². The quantitative estimate of drug-likeness (QED) is 0.486. The van der Waals surface area contributed by atoms with Crippen LogP contribution in [-0.2, 0) is 17.8 Å². The molecular weight excluding hydrogens is 427 g/mol. The number of hydrogen-bond donors (Lipinski definition) is 2. The first-order chi connectivity index (χ1) is 14.6. The van der Waals surface area contributed by atoms with Crippen molar-refractivity contribution in [2.75, 3.05) is 38.2 Å². The van der Waals surface area contributed by atoms with E-state index in [0.29, 0.717) is 53.5 Å². The second-order valence-electron chi connectivity index (χ2n) is 7.29. The van der Waals surface area contributed by atoms with Gasteiger partial charge in [0.2, 0.25) is 5.95 Å².